The van der Waals surface area contributed by atoms with Crippen molar-refractivity contribution in [2.24, 2.45) is 5.92 Å². The second kappa shape index (κ2) is 5.94. The van der Waals surface area contributed by atoms with Gasteiger partial charge in [0.15, 0.2) is 0 Å². The summed E-state index contributed by atoms with van der Waals surface area (Å²) in [6.07, 6.45) is 4.30. The number of nitriles is 1. The van der Waals surface area contributed by atoms with Crippen molar-refractivity contribution in [3.8, 4) is 6.07 Å². The quantitative estimate of drug-likeness (QED) is 0.892. The third-order valence-electron chi connectivity index (χ3n) is 3.83. The fraction of sp³-hybridized carbons (Fsp3) is 0.533. The van der Waals surface area contributed by atoms with Crippen molar-refractivity contribution in [2.45, 2.75) is 38.1 Å². The van der Waals surface area contributed by atoms with Crippen LogP contribution in [0.1, 0.15) is 38.2 Å². The molecule has 0 aromatic heterocycles. The highest BCUT2D eigenvalue weighted by Crippen LogP contribution is 2.35. The highest BCUT2D eigenvalue weighted by atomic mass is 79.9. The van der Waals surface area contributed by atoms with Gasteiger partial charge >= 0.3 is 0 Å². The van der Waals surface area contributed by atoms with E-state index in [2.05, 4.69) is 34.2 Å². The van der Waals surface area contributed by atoms with Crippen LogP contribution in [0.4, 0.5) is 5.69 Å². The van der Waals surface area contributed by atoms with Gasteiger partial charge in [-0.05, 0) is 37.0 Å². The van der Waals surface area contributed by atoms with E-state index in [9.17, 15) is 5.11 Å². The second-order valence-electron chi connectivity index (χ2n) is 5.61. The molecule has 2 N–H and O–H groups in total. The SMILES string of the molecule is CC1CCCC(CO)(Nc2cc(Br)cc(C#N)c2)C1. The standard InChI is InChI=1S/C15H19BrN2O/c1-11-3-2-4-15(8-11,10-19)18-14-6-12(9-17)5-13(16)7-14/h5-7,11,18-19H,2-4,8,10H2,1H3. The Morgan fingerprint density at radius 3 is 2.95 bits per heavy atom. The summed E-state index contributed by atoms with van der Waals surface area (Å²) in [7, 11) is 0. The minimum Gasteiger partial charge on any atom is -0.394 e. The molecule has 1 aromatic carbocycles. The monoisotopic (exact) mass is 322 g/mol. The Bertz CT molecular complexity index is 497. The summed E-state index contributed by atoms with van der Waals surface area (Å²) in [5.74, 6) is 0.621. The van der Waals surface area contributed by atoms with Gasteiger partial charge in [-0.3, -0.25) is 0 Å². The lowest BCUT2D eigenvalue weighted by atomic mass is 9.76. The van der Waals surface area contributed by atoms with Crippen molar-refractivity contribution >= 4 is 21.6 Å². The zero-order valence-corrected chi connectivity index (χ0v) is 12.7. The number of aliphatic hydroxyl groups is 1. The van der Waals surface area contributed by atoms with Gasteiger partial charge in [0, 0.05) is 10.2 Å². The molecule has 2 atom stereocenters. The van der Waals surface area contributed by atoms with Gasteiger partial charge < -0.3 is 10.4 Å². The van der Waals surface area contributed by atoms with E-state index in [4.69, 9.17) is 5.26 Å². The van der Waals surface area contributed by atoms with Gasteiger partial charge in [-0.2, -0.15) is 5.26 Å². The molecule has 1 aliphatic rings. The zero-order chi connectivity index (χ0) is 13.9. The van der Waals surface area contributed by atoms with Crippen LogP contribution < -0.4 is 5.32 Å². The summed E-state index contributed by atoms with van der Waals surface area (Å²) in [6.45, 7) is 2.36. The van der Waals surface area contributed by atoms with Crippen molar-refractivity contribution in [2.75, 3.05) is 11.9 Å². The largest absolute Gasteiger partial charge is 0.394 e. The molecule has 0 radical (unpaired) electrons. The zero-order valence-electron chi connectivity index (χ0n) is 11.1. The first-order valence-corrected chi connectivity index (χ1v) is 7.46. The molecule has 102 valence electrons. The van der Waals surface area contributed by atoms with Crippen LogP contribution in [-0.2, 0) is 0 Å². The predicted octanol–water partition coefficient (Wildman–Crippen LogP) is 3.67. The molecule has 19 heavy (non-hydrogen) atoms. The summed E-state index contributed by atoms with van der Waals surface area (Å²) in [6, 6.07) is 7.73. The molecular weight excluding hydrogens is 304 g/mol. The molecule has 0 spiro atoms. The molecule has 3 nitrogen and oxygen atoms in total. The fourth-order valence-corrected chi connectivity index (χ4v) is 3.48. The lowest BCUT2D eigenvalue weighted by molar-refractivity contribution is 0.149. The first-order chi connectivity index (χ1) is 9.07. The van der Waals surface area contributed by atoms with E-state index >= 15 is 0 Å². The van der Waals surface area contributed by atoms with Crippen LogP contribution in [-0.4, -0.2) is 17.3 Å². The molecule has 1 fully saturated rings. The maximum atomic E-state index is 9.78. The summed E-state index contributed by atoms with van der Waals surface area (Å²) >= 11 is 3.42. The van der Waals surface area contributed by atoms with E-state index in [1.54, 1.807) is 6.07 Å². The van der Waals surface area contributed by atoms with E-state index in [0.717, 1.165) is 29.4 Å². The lowest BCUT2D eigenvalue weighted by Crippen LogP contribution is -2.45. The molecule has 0 aliphatic heterocycles. The molecule has 2 unspecified atom stereocenters. The molecular formula is C15H19BrN2O. The molecule has 0 saturated heterocycles. The third-order valence-corrected chi connectivity index (χ3v) is 4.29. The van der Waals surface area contributed by atoms with Crippen molar-refractivity contribution in [3.63, 3.8) is 0 Å². The molecule has 0 bridgehead atoms. The van der Waals surface area contributed by atoms with Gasteiger partial charge in [-0.25, -0.2) is 0 Å². The highest BCUT2D eigenvalue weighted by molar-refractivity contribution is 9.10. The summed E-state index contributed by atoms with van der Waals surface area (Å²) in [4.78, 5) is 0. The number of anilines is 1. The number of benzene rings is 1. The van der Waals surface area contributed by atoms with Crippen LogP contribution >= 0.6 is 15.9 Å². The third kappa shape index (κ3) is 3.49. The number of rotatable bonds is 3. The van der Waals surface area contributed by atoms with Crippen LogP contribution in [0.5, 0.6) is 0 Å². The van der Waals surface area contributed by atoms with E-state index in [-0.39, 0.29) is 12.1 Å². The van der Waals surface area contributed by atoms with Gasteiger partial charge in [-0.15, -0.1) is 0 Å². The van der Waals surface area contributed by atoms with Crippen LogP contribution in [0, 0.1) is 17.2 Å². The number of hydrogen-bond donors (Lipinski definition) is 2. The van der Waals surface area contributed by atoms with Crippen molar-refractivity contribution in [3.05, 3.63) is 28.2 Å². The Morgan fingerprint density at radius 2 is 2.32 bits per heavy atom. The summed E-state index contributed by atoms with van der Waals surface area (Å²) in [5, 5.41) is 22.2. The van der Waals surface area contributed by atoms with Crippen LogP contribution in [0.15, 0.2) is 22.7 Å². The Morgan fingerprint density at radius 1 is 1.53 bits per heavy atom. The predicted molar refractivity (Wildman–Crippen MR) is 79.9 cm³/mol. The van der Waals surface area contributed by atoms with Crippen molar-refractivity contribution in [1.29, 1.82) is 5.26 Å². The minimum absolute atomic E-state index is 0.131. The summed E-state index contributed by atoms with van der Waals surface area (Å²) < 4.78 is 0.881. The molecule has 0 heterocycles. The van der Waals surface area contributed by atoms with Crippen molar-refractivity contribution in [1.82, 2.24) is 0 Å². The van der Waals surface area contributed by atoms with E-state index in [1.807, 2.05) is 12.1 Å². The summed E-state index contributed by atoms with van der Waals surface area (Å²) in [5.41, 5.74) is 1.27. The van der Waals surface area contributed by atoms with E-state index in [0.29, 0.717) is 11.5 Å². The van der Waals surface area contributed by atoms with Crippen LogP contribution in [0.3, 0.4) is 0 Å². The molecule has 1 aliphatic carbocycles. The molecule has 2 rings (SSSR count). The average molecular weight is 323 g/mol. The maximum Gasteiger partial charge on any atom is 0.0992 e. The Kier molecular flexibility index (Phi) is 4.49. The van der Waals surface area contributed by atoms with Gasteiger partial charge in [0.2, 0.25) is 0 Å². The van der Waals surface area contributed by atoms with Crippen LogP contribution in [0.25, 0.3) is 0 Å². The van der Waals surface area contributed by atoms with Gasteiger partial charge in [0.25, 0.3) is 0 Å². The van der Waals surface area contributed by atoms with E-state index < -0.39 is 0 Å². The molecule has 1 aromatic rings. The number of hydrogen-bond acceptors (Lipinski definition) is 3. The van der Waals surface area contributed by atoms with Gasteiger partial charge in [0.05, 0.1) is 23.8 Å². The highest BCUT2D eigenvalue weighted by Gasteiger charge is 2.34. The second-order valence-corrected chi connectivity index (χ2v) is 6.52. The number of nitrogens with zero attached hydrogens (tertiary/aromatic N) is 1. The van der Waals surface area contributed by atoms with Gasteiger partial charge in [0.1, 0.15) is 0 Å². The molecule has 0 amide bonds. The smallest absolute Gasteiger partial charge is 0.0992 e. The molecule has 1 saturated carbocycles. The fourth-order valence-electron chi connectivity index (χ4n) is 2.99. The van der Waals surface area contributed by atoms with Crippen LogP contribution in [0.2, 0.25) is 0 Å². The number of halogens is 1. The maximum absolute atomic E-state index is 9.78. The Labute approximate surface area is 122 Å². The Hall–Kier alpha value is -1.05. The molecule has 4 heteroatoms. The number of aliphatic hydroxyl groups excluding tert-OH is 1. The minimum atomic E-state index is -0.245. The number of nitrogens with one attached hydrogen (secondary N) is 1. The Balaban J connectivity index is 2.23. The topological polar surface area (TPSA) is 56.0 Å². The van der Waals surface area contributed by atoms with Crippen molar-refractivity contribution < 1.29 is 5.11 Å². The first-order valence-electron chi connectivity index (χ1n) is 6.67. The lowest BCUT2D eigenvalue weighted by Gasteiger charge is -2.40. The first kappa shape index (κ1) is 14.4. The van der Waals surface area contributed by atoms with E-state index in [1.165, 1.54) is 6.42 Å². The average Bonchev–Trinajstić information content (AvgIpc) is 2.38. The van der Waals surface area contributed by atoms with Gasteiger partial charge in [-0.1, -0.05) is 35.7 Å². The normalized spacial score (nSPS) is 26.7.